The SMILES string of the molecule is Brc1ccc2[nH]cc(-c3nc(-c4ccsc4)cs3)c2c1. The van der Waals surface area contributed by atoms with Crippen molar-refractivity contribution < 1.29 is 0 Å². The Morgan fingerprint density at radius 3 is 2.95 bits per heavy atom. The zero-order valence-electron chi connectivity index (χ0n) is 10.3. The monoisotopic (exact) mass is 360 g/mol. The molecule has 20 heavy (non-hydrogen) atoms. The lowest BCUT2D eigenvalue weighted by Gasteiger charge is -1.95. The van der Waals surface area contributed by atoms with Crippen LogP contribution in [0.4, 0.5) is 0 Å². The fourth-order valence-corrected chi connectivity index (χ4v) is 4.08. The maximum Gasteiger partial charge on any atom is 0.126 e. The van der Waals surface area contributed by atoms with E-state index >= 15 is 0 Å². The summed E-state index contributed by atoms with van der Waals surface area (Å²) in [5, 5.41) is 8.58. The Morgan fingerprint density at radius 2 is 2.10 bits per heavy atom. The van der Waals surface area contributed by atoms with Crippen LogP contribution in [-0.4, -0.2) is 9.97 Å². The Morgan fingerprint density at radius 1 is 1.15 bits per heavy atom. The van der Waals surface area contributed by atoms with Crippen LogP contribution in [-0.2, 0) is 0 Å². The molecule has 4 rings (SSSR count). The highest BCUT2D eigenvalue weighted by Crippen LogP contribution is 2.34. The number of nitrogens with one attached hydrogen (secondary N) is 1. The number of rotatable bonds is 2. The van der Waals surface area contributed by atoms with Gasteiger partial charge < -0.3 is 4.98 Å². The van der Waals surface area contributed by atoms with Crippen molar-refractivity contribution in [1.82, 2.24) is 9.97 Å². The van der Waals surface area contributed by atoms with Crippen LogP contribution in [0.2, 0.25) is 0 Å². The van der Waals surface area contributed by atoms with Gasteiger partial charge in [-0.2, -0.15) is 11.3 Å². The molecule has 0 spiro atoms. The molecular formula is C15H9BrN2S2. The Balaban J connectivity index is 1.85. The second-order valence-electron chi connectivity index (χ2n) is 4.44. The molecule has 0 radical (unpaired) electrons. The topological polar surface area (TPSA) is 28.7 Å². The third-order valence-corrected chi connectivity index (χ3v) is 5.25. The lowest BCUT2D eigenvalue weighted by molar-refractivity contribution is 1.41. The van der Waals surface area contributed by atoms with Crippen molar-refractivity contribution in [1.29, 1.82) is 0 Å². The van der Waals surface area contributed by atoms with E-state index in [1.54, 1.807) is 22.7 Å². The van der Waals surface area contributed by atoms with Crippen LogP contribution >= 0.6 is 38.6 Å². The highest BCUT2D eigenvalue weighted by atomic mass is 79.9. The molecule has 0 fully saturated rings. The molecule has 1 aromatic carbocycles. The summed E-state index contributed by atoms with van der Waals surface area (Å²) in [5.74, 6) is 0. The molecular weight excluding hydrogens is 352 g/mol. The predicted molar refractivity (Wildman–Crippen MR) is 90.4 cm³/mol. The van der Waals surface area contributed by atoms with E-state index in [4.69, 9.17) is 4.98 Å². The van der Waals surface area contributed by atoms with Crippen molar-refractivity contribution in [3.8, 4) is 21.8 Å². The lowest BCUT2D eigenvalue weighted by atomic mass is 10.2. The molecule has 98 valence electrons. The Kier molecular flexibility index (Phi) is 2.98. The quantitative estimate of drug-likeness (QED) is 0.482. The zero-order valence-corrected chi connectivity index (χ0v) is 13.5. The molecule has 0 saturated carbocycles. The average molecular weight is 361 g/mol. The summed E-state index contributed by atoms with van der Waals surface area (Å²) in [6, 6.07) is 8.36. The second kappa shape index (κ2) is 4.84. The van der Waals surface area contributed by atoms with Gasteiger partial charge in [-0.05, 0) is 29.6 Å². The summed E-state index contributed by atoms with van der Waals surface area (Å²) < 4.78 is 1.08. The first-order chi connectivity index (χ1) is 9.81. The van der Waals surface area contributed by atoms with E-state index in [1.807, 2.05) is 12.3 Å². The van der Waals surface area contributed by atoms with Crippen LogP contribution in [0, 0.1) is 0 Å². The van der Waals surface area contributed by atoms with Crippen molar-refractivity contribution in [3.05, 3.63) is 51.1 Å². The van der Waals surface area contributed by atoms with Crippen molar-refractivity contribution in [2.24, 2.45) is 0 Å². The van der Waals surface area contributed by atoms with Gasteiger partial charge in [-0.1, -0.05) is 15.9 Å². The maximum absolute atomic E-state index is 4.76. The van der Waals surface area contributed by atoms with Crippen LogP contribution in [0.3, 0.4) is 0 Å². The summed E-state index contributed by atoms with van der Waals surface area (Å²) >= 11 is 6.91. The molecule has 0 unspecified atom stereocenters. The molecule has 0 aliphatic heterocycles. The van der Waals surface area contributed by atoms with Gasteiger partial charge in [0, 0.05) is 43.5 Å². The fraction of sp³-hybridized carbons (Fsp3) is 0. The number of aromatic nitrogens is 2. The molecule has 0 atom stereocenters. The van der Waals surface area contributed by atoms with E-state index in [-0.39, 0.29) is 0 Å². The first-order valence-electron chi connectivity index (χ1n) is 6.06. The molecule has 0 bridgehead atoms. The molecule has 1 N–H and O–H groups in total. The third kappa shape index (κ3) is 2.02. The van der Waals surface area contributed by atoms with E-state index in [1.165, 1.54) is 10.9 Å². The summed E-state index contributed by atoms with van der Waals surface area (Å²) in [6.07, 6.45) is 2.04. The number of fused-ring (bicyclic) bond motifs is 1. The summed E-state index contributed by atoms with van der Waals surface area (Å²) in [6.45, 7) is 0. The molecule has 3 aromatic heterocycles. The van der Waals surface area contributed by atoms with Gasteiger partial charge in [-0.15, -0.1) is 11.3 Å². The van der Waals surface area contributed by atoms with Crippen LogP contribution in [0.25, 0.3) is 32.7 Å². The Labute approximate surface area is 132 Å². The van der Waals surface area contributed by atoms with Gasteiger partial charge in [-0.25, -0.2) is 4.98 Å². The average Bonchev–Trinajstić information content (AvgIpc) is 3.17. The van der Waals surface area contributed by atoms with Gasteiger partial charge in [0.2, 0.25) is 0 Å². The highest BCUT2D eigenvalue weighted by molar-refractivity contribution is 9.10. The van der Waals surface area contributed by atoms with Gasteiger partial charge in [0.1, 0.15) is 5.01 Å². The molecule has 2 nitrogen and oxygen atoms in total. The molecule has 0 aliphatic rings. The third-order valence-electron chi connectivity index (χ3n) is 3.20. The predicted octanol–water partition coefficient (Wildman–Crippen LogP) is 5.78. The first-order valence-corrected chi connectivity index (χ1v) is 8.68. The molecule has 0 saturated heterocycles. The number of hydrogen-bond acceptors (Lipinski definition) is 3. The maximum atomic E-state index is 4.76. The molecule has 0 amide bonds. The first kappa shape index (κ1) is 12.3. The molecule has 4 aromatic rings. The number of benzene rings is 1. The Bertz CT molecular complexity index is 874. The van der Waals surface area contributed by atoms with Gasteiger partial charge >= 0.3 is 0 Å². The van der Waals surface area contributed by atoms with Gasteiger partial charge in [0.15, 0.2) is 0 Å². The van der Waals surface area contributed by atoms with Crippen molar-refractivity contribution >= 4 is 49.5 Å². The van der Waals surface area contributed by atoms with E-state index in [0.717, 1.165) is 26.3 Å². The summed E-state index contributed by atoms with van der Waals surface area (Å²) in [7, 11) is 0. The van der Waals surface area contributed by atoms with E-state index in [0.29, 0.717) is 0 Å². The fourth-order valence-electron chi connectivity index (χ4n) is 2.21. The van der Waals surface area contributed by atoms with Crippen LogP contribution < -0.4 is 0 Å². The second-order valence-corrected chi connectivity index (χ2v) is 7.00. The number of thiophene rings is 1. The standard InChI is InChI=1S/C15H9BrN2S2/c16-10-1-2-13-11(5-10)12(6-17-13)15-18-14(8-20-15)9-3-4-19-7-9/h1-8,17H. The Hall–Kier alpha value is -1.43. The number of H-pyrrole nitrogens is 1. The normalized spacial score (nSPS) is 11.2. The smallest absolute Gasteiger partial charge is 0.126 e. The zero-order chi connectivity index (χ0) is 13.5. The minimum atomic E-state index is 1.05. The molecule has 0 aliphatic carbocycles. The van der Waals surface area contributed by atoms with E-state index in [2.05, 4.69) is 55.3 Å². The van der Waals surface area contributed by atoms with Crippen LogP contribution in [0.1, 0.15) is 0 Å². The highest BCUT2D eigenvalue weighted by Gasteiger charge is 2.11. The molecule has 5 heteroatoms. The molecule has 3 heterocycles. The van der Waals surface area contributed by atoms with Gasteiger partial charge in [0.05, 0.1) is 5.69 Å². The van der Waals surface area contributed by atoms with Gasteiger partial charge in [-0.3, -0.25) is 0 Å². The van der Waals surface area contributed by atoms with Crippen molar-refractivity contribution in [2.45, 2.75) is 0 Å². The number of halogens is 1. The van der Waals surface area contributed by atoms with E-state index in [9.17, 15) is 0 Å². The number of thiazole rings is 1. The largest absolute Gasteiger partial charge is 0.360 e. The van der Waals surface area contributed by atoms with E-state index < -0.39 is 0 Å². The number of aromatic amines is 1. The minimum Gasteiger partial charge on any atom is -0.360 e. The van der Waals surface area contributed by atoms with Crippen LogP contribution in [0.15, 0.2) is 51.1 Å². The summed E-state index contributed by atoms with van der Waals surface area (Å²) in [5.41, 5.74) is 4.54. The lowest BCUT2D eigenvalue weighted by Crippen LogP contribution is -1.76. The number of hydrogen-bond donors (Lipinski definition) is 1. The van der Waals surface area contributed by atoms with Gasteiger partial charge in [0.25, 0.3) is 0 Å². The van der Waals surface area contributed by atoms with Crippen molar-refractivity contribution in [2.75, 3.05) is 0 Å². The minimum absolute atomic E-state index is 1.05. The summed E-state index contributed by atoms with van der Waals surface area (Å²) in [4.78, 5) is 8.07. The van der Waals surface area contributed by atoms with Crippen LogP contribution in [0.5, 0.6) is 0 Å². The number of nitrogens with zero attached hydrogens (tertiary/aromatic N) is 1. The van der Waals surface area contributed by atoms with Crippen molar-refractivity contribution in [3.63, 3.8) is 0 Å².